The standard InChI is InChI=1S/C10H9N3O2/c1-5-12-7-4-2-3-6(9(11)14)8(7)10(15)13-5/h2-4H,1H3,(H2,11,14)(H,12,15)/q+1. The Morgan fingerprint density at radius 1 is 1.47 bits per heavy atom. The molecule has 1 aliphatic heterocycles. The second-order valence-corrected chi connectivity index (χ2v) is 3.22. The Balaban J connectivity index is 2.65. The van der Waals surface area contributed by atoms with Crippen LogP contribution in [0.5, 0.6) is 0 Å². The average molecular weight is 203 g/mol. The van der Waals surface area contributed by atoms with Crippen LogP contribution in [-0.2, 0) is 0 Å². The smallest absolute Gasteiger partial charge is 0.366 e. The van der Waals surface area contributed by atoms with Gasteiger partial charge in [0.2, 0.25) is 5.91 Å². The van der Waals surface area contributed by atoms with Crippen molar-refractivity contribution in [2.75, 3.05) is 5.32 Å². The van der Waals surface area contributed by atoms with Gasteiger partial charge in [-0.25, -0.2) is 10.1 Å². The molecule has 0 atom stereocenters. The summed E-state index contributed by atoms with van der Waals surface area (Å²) >= 11 is 0. The van der Waals surface area contributed by atoms with E-state index >= 15 is 0 Å². The van der Waals surface area contributed by atoms with E-state index in [1.807, 2.05) is 0 Å². The van der Waals surface area contributed by atoms with Crippen LogP contribution in [-0.4, -0.2) is 17.6 Å². The Labute approximate surface area is 86.0 Å². The van der Waals surface area contributed by atoms with Crippen molar-refractivity contribution < 1.29 is 9.59 Å². The fourth-order valence-corrected chi connectivity index (χ4v) is 1.52. The van der Waals surface area contributed by atoms with Crippen molar-refractivity contribution in [1.82, 2.24) is 4.99 Å². The van der Waals surface area contributed by atoms with Gasteiger partial charge in [0.15, 0.2) is 0 Å². The summed E-state index contributed by atoms with van der Waals surface area (Å²) in [6.07, 6.45) is 0. The number of hydrogen-bond acceptors (Lipinski definition) is 3. The summed E-state index contributed by atoms with van der Waals surface area (Å²) in [4.78, 5) is 26.4. The predicted molar refractivity (Wildman–Crippen MR) is 55.7 cm³/mol. The maximum atomic E-state index is 11.6. The average Bonchev–Trinajstić information content (AvgIpc) is 2.16. The Morgan fingerprint density at radius 3 is 2.87 bits per heavy atom. The molecule has 5 heteroatoms. The lowest BCUT2D eigenvalue weighted by atomic mass is 10.0. The molecule has 0 saturated heterocycles. The number of aliphatic imine (C=N–C) groups is 1. The van der Waals surface area contributed by atoms with E-state index in [0.717, 1.165) is 0 Å². The molecule has 2 amide bonds. The van der Waals surface area contributed by atoms with Crippen molar-refractivity contribution in [1.29, 1.82) is 0 Å². The molecule has 0 aliphatic carbocycles. The number of carbonyl (C=O) groups excluding carboxylic acids is 2. The lowest BCUT2D eigenvalue weighted by Gasteiger charge is -2.08. The number of hydrogen-bond donors (Lipinski definition) is 2. The summed E-state index contributed by atoms with van der Waals surface area (Å²) in [6.45, 7) is 1.68. The van der Waals surface area contributed by atoms with Crippen molar-refractivity contribution in [3.8, 4) is 0 Å². The summed E-state index contributed by atoms with van der Waals surface area (Å²) in [7, 11) is 0. The zero-order valence-electron chi connectivity index (χ0n) is 8.07. The van der Waals surface area contributed by atoms with E-state index in [9.17, 15) is 9.59 Å². The first-order valence-electron chi connectivity index (χ1n) is 4.39. The third-order valence-electron chi connectivity index (χ3n) is 2.13. The minimum absolute atomic E-state index is 0.196. The molecule has 0 spiro atoms. The van der Waals surface area contributed by atoms with Crippen LogP contribution in [0.25, 0.3) is 0 Å². The molecular weight excluding hydrogens is 194 g/mol. The summed E-state index contributed by atoms with van der Waals surface area (Å²) in [5.41, 5.74) is 6.18. The first kappa shape index (κ1) is 9.39. The molecule has 0 unspecified atom stereocenters. The highest BCUT2D eigenvalue weighted by molar-refractivity contribution is 6.17. The molecule has 15 heavy (non-hydrogen) atoms. The normalized spacial score (nSPS) is 13.9. The molecule has 0 bridgehead atoms. The van der Waals surface area contributed by atoms with Gasteiger partial charge in [0, 0.05) is 6.92 Å². The monoisotopic (exact) mass is 203 g/mol. The third kappa shape index (κ3) is 1.48. The van der Waals surface area contributed by atoms with Gasteiger partial charge < -0.3 is 5.73 Å². The SMILES string of the molecule is CC1=[N+]C(=O)c2c(cccc2C(N)=O)N1. The molecule has 5 nitrogen and oxygen atoms in total. The number of benzene rings is 1. The number of amides is 2. The Bertz CT molecular complexity index is 491. The second-order valence-electron chi connectivity index (χ2n) is 3.22. The number of nitrogens with zero attached hydrogens (tertiary/aromatic N) is 1. The zero-order chi connectivity index (χ0) is 11.0. The van der Waals surface area contributed by atoms with Crippen molar-refractivity contribution in [3.63, 3.8) is 0 Å². The van der Waals surface area contributed by atoms with Gasteiger partial charge in [-0.15, -0.1) is 0 Å². The largest absolute Gasteiger partial charge is 0.387 e. The molecule has 2 rings (SSSR count). The van der Waals surface area contributed by atoms with Gasteiger partial charge in [0.25, 0.3) is 5.84 Å². The lowest BCUT2D eigenvalue weighted by molar-refractivity contribution is 0.0957. The van der Waals surface area contributed by atoms with Crippen LogP contribution in [0.4, 0.5) is 5.69 Å². The molecule has 1 aliphatic rings. The summed E-state index contributed by atoms with van der Waals surface area (Å²) in [6, 6.07) is 4.88. The van der Waals surface area contributed by atoms with E-state index in [0.29, 0.717) is 11.5 Å². The van der Waals surface area contributed by atoms with Crippen LogP contribution in [0.2, 0.25) is 0 Å². The molecule has 75 valence electrons. The molecule has 1 heterocycles. The van der Waals surface area contributed by atoms with E-state index in [1.165, 1.54) is 6.07 Å². The van der Waals surface area contributed by atoms with Crippen LogP contribution in [0, 0.1) is 0 Å². The minimum Gasteiger partial charge on any atom is -0.366 e. The van der Waals surface area contributed by atoms with Gasteiger partial charge in [-0.3, -0.25) is 4.79 Å². The van der Waals surface area contributed by atoms with Crippen LogP contribution in [0.15, 0.2) is 18.2 Å². The van der Waals surface area contributed by atoms with Gasteiger partial charge in [0.05, 0.1) is 5.56 Å². The highest BCUT2D eigenvalue weighted by atomic mass is 16.2. The fourth-order valence-electron chi connectivity index (χ4n) is 1.52. The highest BCUT2D eigenvalue weighted by Gasteiger charge is 2.30. The molecule has 1 aromatic carbocycles. The van der Waals surface area contributed by atoms with Gasteiger partial charge in [0.1, 0.15) is 11.3 Å². The van der Waals surface area contributed by atoms with E-state index in [1.54, 1.807) is 19.1 Å². The molecule has 0 saturated carbocycles. The van der Waals surface area contributed by atoms with Crippen molar-refractivity contribution in [2.45, 2.75) is 6.92 Å². The van der Waals surface area contributed by atoms with Gasteiger partial charge in [-0.05, 0) is 17.1 Å². The lowest BCUT2D eigenvalue weighted by Crippen LogP contribution is -2.29. The van der Waals surface area contributed by atoms with Crippen molar-refractivity contribution in [2.24, 2.45) is 5.73 Å². The second kappa shape index (κ2) is 3.20. The van der Waals surface area contributed by atoms with Gasteiger partial charge in [-0.2, -0.15) is 0 Å². The molecule has 0 aromatic heterocycles. The third-order valence-corrected chi connectivity index (χ3v) is 2.13. The first-order chi connectivity index (χ1) is 7.09. The van der Waals surface area contributed by atoms with Crippen LogP contribution >= 0.6 is 0 Å². The maximum absolute atomic E-state index is 11.6. The number of primary amides is 1. The minimum atomic E-state index is -0.628. The Morgan fingerprint density at radius 2 is 2.20 bits per heavy atom. The van der Waals surface area contributed by atoms with E-state index < -0.39 is 11.8 Å². The van der Waals surface area contributed by atoms with E-state index in [4.69, 9.17) is 5.73 Å². The predicted octanol–water partition coefficient (Wildman–Crippen LogP) is 0.105. The summed E-state index contributed by atoms with van der Waals surface area (Å²) in [5.74, 6) is -0.554. The van der Waals surface area contributed by atoms with Crippen molar-refractivity contribution in [3.05, 3.63) is 29.3 Å². The number of carbonyl (C=O) groups is 2. The molecule has 1 aromatic rings. The molecule has 1 radical (unpaired) electrons. The van der Waals surface area contributed by atoms with Crippen LogP contribution in [0.1, 0.15) is 27.6 Å². The number of rotatable bonds is 1. The number of fused-ring (bicyclic) bond motifs is 1. The van der Waals surface area contributed by atoms with Crippen LogP contribution in [0.3, 0.4) is 0 Å². The fraction of sp³-hybridized carbons (Fsp3) is 0.100. The Hall–Kier alpha value is -2.17. The quantitative estimate of drug-likeness (QED) is 0.678. The number of nitrogens with two attached hydrogens (primary N) is 1. The van der Waals surface area contributed by atoms with E-state index in [2.05, 4.69) is 10.3 Å². The summed E-state index contributed by atoms with van der Waals surface area (Å²) in [5, 5.41) is 2.91. The topological polar surface area (TPSA) is 86.3 Å². The Kier molecular flexibility index (Phi) is 2.00. The maximum Gasteiger partial charge on any atom is 0.387 e. The first-order valence-corrected chi connectivity index (χ1v) is 4.39. The molecule has 0 fully saturated rings. The van der Waals surface area contributed by atoms with E-state index in [-0.39, 0.29) is 11.1 Å². The number of nitrogens with one attached hydrogen (secondary N) is 1. The van der Waals surface area contributed by atoms with Gasteiger partial charge >= 0.3 is 5.91 Å². The van der Waals surface area contributed by atoms with Crippen molar-refractivity contribution >= 4 is 23.3 Å². The number of anilines is 1. The molecular formula is C10H9N3O2+. The molecule has 3 N–H and O–H groups in total. The highest BCUT2D eigenvalue weighted by Crippen LogP contribution is 2.21. The van der Waals surface area contributed by atoms with Crippen LogP contribution < -0.4 is 16.0 Å². The van der Waals surface area contributed by atoms with Gasteiger partial charge in [-0.1, -0.05) is 6.07 Å². The summed E-state index contributed by atoms with van der Waals surface area (Å²) < 4.78 is 0. The number of amidine groups is 1. The zero-order valence-corrected chi connectivity index (χ0v) is 8.07.